The minimum absolute atomic E-state index is 0.0630. The van der Waals surface area contributed by atoms with Crippen LogP contribution in [0.1, 0.15) is 11.6 Å². The van der Waals surface area contributed by atoms with Gasteiger partial charge in [-0.25, -0.2) is 10.4 Å². The van der Waals surface area contributed by atoms with Crippen LogP contribution in [-0.4, -0.2) is 25.6 Å². The van der Waals surface area contributed by atoms with Crippen LogP contribution in [0.2, 0.25) is 5.02 Å². The van der Waals surface area contributed by atoms with Gasteiger partial charge in [-0.1, -0.05) is 27.5 Å². The Morgan fingerprint density at radius 1 is 1.53 bits per heavy atom. The second kappa shape index (κ2) is 5.82. The molecule has 0 aromatic heterocycles. The smallest absolute Gasteiger partial charge is 0.0598 e. The average Bonchev–Trinajstić information content (AvgIpc) is 2.18. The van der Waals surface area contributed by atoms with Gasteiger partial charge in [0, 0.05) is 30.1 Å². The first-order valence-corrected chi connectivity index (χ1v) is 5.80. The van der Waals surface area contributed by atoms with Crippen molar-refractivity contribution in [2.75, 3.05) is 20.6 Å². The third kappa shape index (κ3) is 3.74. The van der Waals surface area contributed by atoms with Crippen molar-refractivity contribution >= 4 is 27.5 Å². The molecule has 0 saturated heterocycles. The lowest BCUT2D eigenvalue weighted by Gasteiger charge is -2.23. The van der Waals surface area contributed by atoms with Crippen molar-refractivity contribution in [3.63, 3.8) is 0 Å². The van der Waals surface area contributed by atoms with Gasteiger partial charge >= 0.3 is 0 Å². The summed E-state index contributed by atoms with van der Waals surface area (Å²) in [7, 11) is 3.86. The number of hydrazine groups is 1. The summed E-state index contributed by atoms with van der Waals surface area (Å²) in [5.74, 6) is 0. The van der Waals surface area contributed by atoms with E-state index in [2.05, 4.69) is 21.4 Å². The van der Waals surface area contributed by atoms with Gasteiger partial charge in [-0.15, -0.1) is 0 Å². The van der Waals surface area contributed by atoms with E-state index in [1.54, 1.807) is 0 Å². The molecule has 0 radical (unpaired) electrons. The summed E-state index contributed by atoms with van der Waals surface area (Å²) < 4.78 is 1.01. The molecule has 5 heteroatoms. The quantitative estimate of drug-likeness (QED) is 0.836. The fourth-order valence-corrected chi connectivity index (χ4v) is 2.05. The predicted octanol–water partition coefficient (Wildman–Crippen LogP) is 2.17. The van der Waals surface area contributed by atoms with Gasteiger partial charge in [-0.2, -0.15) is 0 Å². The summed E-state index contributed by atoms with van der Waals surface area (Å²) in [5.41, 5.74) is 10.0. The minimum atomic E-state index is 0.0630. The molecule has 15 heavy (non-hydrogen) atoms. The number of nitrogens with two attached hydrogens (primary N) is 1. The molecule has 3 nitrogen and oxygen atoms in total. The van der Waals surface area contributed by atoms with E-state index >= 15 is 0 Å². The maximum absolute atomic E-state index is 5.95. The Morgan fingerprint density at radius 2 is 2.20 bits per heavy atom. The van der Waals surface area contributed by atoms with Gasteiger partial charge in [0.05, 0.1) is 6.04 Å². The van der Waals surface area contributed by atoms with Gasteiger partial charge in [0.2, 0.25) is 0 Å². The molecule has 0 saturated carbocycles. The van der Waals surface area contributed by atoms with Crippen LogP contribution in [0.5, 0.6) is 0 Å². The SMILES string of the molecule is CN(C)NC(CN)c1cc(Cl)ccc1Br. The molecule has 1 aromatic carbocycles. The minimum Gasteiger partial charge on any atom is -0.329 e. The molecule has 0 spiro atoms. The normalized spacial score (nSPS) is 13.2. The van der Waals surface area contributed by atoms with Crippen molar-refractivity contribution in [2.45, 2.75) is 6.04 Å². The Kier molecular flexibility index (Phi) is 5.02. The number of nitrogens with one attached hydrogen (secondary N) is 1. The number of hydrogen-bond donors (Lipinski definition) is 2. The third-order valence-corrected chi connectivity index (χ3v) is 2.94. The molecule has 0 bridgehead atoms. The zero-order valence-electron chi connectivity index (χ0n) is 8.80. The van der Waals surface area contributed by atoms with Crippen LogP contribution in [0.4, 0.5) is 0 Å². The first-order chi connectivity index (χ1) is 7.04. The van der Waals surface area contributed by atoms with Crippen molar-refractivity contribution in [1.29, 1.82) is 0 Å². The van der Waals surface area contributed by atoms with Crippen LogP contribution in [-0.2, 0) is 0 Å². The molecule has 0 aliphatic heterocycles. The van der Waals surface area contributed by atoms with Crippen molar-refractivity contribution < 1.29 is 0 Å². The molecular weight excluding hydrogens is 277 g/mol. The largest absolute Gasteiger partial charge is 0.329 e. The van der Waals surface area contributed by atoms with Crippen LogP contribution in [0.3, 0.4) is 0 Å². The lowest BCUT2D eigenvalue weighted by Crippen LogP contribution is -2.38. The molecule has 1 rings (SSSR count). The summed E-state index contributed by atoms with van der Waals surface area (Å²) in [6, 6.07) is 5.75. The molecule has 0 fully saturated rings. The van der Waals surface area contributed by atoms with E-state index in [1.807, 2.05) is 37.3 Å². The molecular formula is C10H15BrClN3. The third-order valence-electron chi connectivity index (χ3n) is 1.98. The second-order valence-corrected chi connectivity index (χ2v) is 4.77. The van der Waals surface area contributed by atoms with Gasteiger partial charge < -0.3 is 5.73 Å². The van der Waals surface area contributed by atoms with Gasteiger partial charge in [0.1, 0.15) is 0 Å². The summed E-state index contributed by atoms with van der Waals surface area (Å²) in [6.07, 6.45) is 0. The van der Waals surface area contributed by atoms with Crippen molar-refractivity contribution in [2.24, 2.45) is 5.73 Å². The molecule has 0 amide bonds. The zero-order valence-corrected chi connectivity index (χ0v) is 11.1. The topological polar surface area (TPSA) is 41.3 Å². The van der Waals surface area contributed by atoms with E-state index in [0.717, 1.165) is 10.0 Å². The van der Waals surface area contributed by atoms with Gasteiger partial charge in [-0.05, 0) is 23.8 Å². The highest BCUT2D eigenvalue weighted by atomic mass is 79.9. The first kappa shape index (κ1) is 12.9. The van der Waals surface area contributed by atoms with Gasteiger partial charge in [-0.3, -0.25) is 0 Å². The van der Waals surface area contributed by atoms with E-state index in [1.165, 1.54) is 0 Å². The zero-order chi connectivity index (χ0) is 11.4. The Hall–Kier alpha value is -0.130. The Labute approximate surface area is 104 Å². The summed E-state index contributed by atoms with van der Waals surface area (Å²) in [4.78, 5) is 0. The number of nitrogens with zero attached hydrogens (tertiary/aromatic N) is 1. The van der Waals surface area contributed by atoms with E-state index in [4.69, 9.17) is 17.3 Å². The van der Waals surface area contributed by atoms with Gasteiger partial charge in [0.15, 0.2) is 0 Å². The van der Waals surface area contributed by atoms with E-state index < -0.39 is 0 Å². The molecule has 1 aromatic rings. The Morgan fingerprint density at radius 3 is 2.73 bits per heavy atom. The second-order valence-electron chi connectivity index (χ2n) is 3.48. The summed E-state index contributed by atoms with van der Waals surface area (Å²) >= 11 is 9.44. The number of halogens is 2. The van der Waals surface area contributed by atoms with Crippen molar-refractivity contribution in [1.82, 2.24) is 10.4 Å². The predicted molar refractivity (Wildman–Crippen MR) is 67.8 cm³/mol. The van der Waals surface area contributed by atoms with E-state index in [9.17, 15) is 0 Å². The lowest BCUT2D eigenvalue weighted by molar-refractivity contribution is 0.245. The number of rotatable bonds is 4. The van der Waals surface area contributed by atoms with Crippen LogP contribution in [0.25, 0.3) is 0 Å². The highest BCUT2D eigenvalue weighted by Gasteiger charge is 2.13. The molecule has 84 valence electrons. The summed E-state index contributed by atoms with van der Waals surface area (Å²) in [6.45, 7) is 0.511. The van der Waals surface area contributed by atoms with Crippen molar-refractivity contribution in [3.05, 3.63) is 33.3 Å². The maximum atomic E-state index is 5.95. The standard InChI is InChI=1S/C10H15BrClN3/c1-15(2)14-10(6-13)8-5-7(12)3-4-9(8)11/h3-5,10,14H,6,13H2,1-2H3. The highest BCUT2D eigenvalue weighted by Crippen LogP contribution is 2.26. The monoisotopic (exact) mass is 291 g/mol. The van der Waals surface area contributed by atoms with Crippen molar-refractivity contribution in [3.8, 4) is 0 Å². The molecule has 3 N–H and O–H groups in total. The van der Waals surface area contributed by atoms with E-state index in [-0.39, 0.29) is 6.04 Å². The fourth-order valence-electron chi connectivity index (χ4n) is 1.34. The molecule has 1 atom stereocenters. The maximum Gasteiger partial charge on any atom is 0.0598 e. The summed E-state index contributed by atoms with van der Waals surface area (Å²) in [5, 5.41) is 2.59. The fraction of sp³-hybridized carbons (Fsp3) is 0.400. The molecule has 0 aliphatic carbocycles. The van der Waals surface area contributed by atoms with Gasteiger partial charge in [0.25, 0.3) is 0 Å². The van der Waals surface area contributed by atoms with Crippen LogP contribution < -0.4 is 11.2 Å². The van der Waals surface area contributed by atoms with Crippen LogP contribution >= 0.6 is 27.5 Å². The first-order valence-electron chi connectivity index (χ1n) is 4.63. The Bertz CT molecular complexity index is 330. The highest BCUT2D eigenvalue weighted by molar-refractivity contribution is 9.10. The van der Waals surface area contributed by atoms with E-state index in [0.29, 0.717) is 11.6 Å². The van der Waals surface area contributed by atoms with Crippen LogP contribution in [0.15, 0.2) is 22.7 Å². The molecule has 0 heterocycles. The number of hydrogen-bond acceptors (Lipinski definition) is 3. The van der Waals surface area contributed by atoms with Crippen LogP contribution in [0, 0.1) is 0 Å². The Balaban J connectivity index is 2.95. The lowest BCUT2D eigenvalue weighted by atomic mass is 10.1. The molecule has 1 unspecified atom stereocenters. The number of benzene rings is 1. The molecule has 0 aliphatic rings. The average molecular weight is 293 g/mol.